The number of hydrogen-bond acceptors (Lipinski definition) is 4. The molecular formula is C24H26FN3O3. The minimum Gasteiger partial charge on any atom is -0.361 e. The van der Waals surface area contributed by atoms with E-state index in [0.29, 0.717) is 45.9 Å². The molecule has 3 aliphatic rings. The first-order chi connectivity index (χ1) is 15.0. The van der Waals surface area contributed by atoms with Gasteiger partial charge in [0.15, 0.2) is 5.60 Å². The van der Waals surface area contributed by atoms with E-state index in [0.717, 1.165) is 17.5 Å². The summed E-state index contributed by atoms with van der Waals surface area (Å²) >= 11 is 0. The standard InChI is InChI=1S/C24H26FN3O3/c25-20-7-5-17(6-8-20)13-27-15-21(24(16-27)23(30)26-10-12-31-24)22(29)28-11-9-18-3-1-2-4-19(18)14-28/h1-8,21H,9-16H2,(H,26,30)/t21-,24-/m1/s1. The molecule has 7 heteroatoms. The number of carbonyl (C=O) groups is 2. The summed E-state index contributed by atoms with van der Waals surface area (Å²) in [6.45, 7) is 3.35. The van der Waals surface area contributed by atoms with Crippen molar-refractivity contribution in [1.82, 2.24) is 15.1 Å². The van der Waals surface area contributed by atoms with Crippen molar-refractivity contribution in [3.05, 3.63) is 71.0 Å². The topological polar surface area (TPSA) is 61.9 Å². The molecule has 2 amide bonds. The molecule has 0 bridgehead atoms. The van der Waals surface area contributed by atoms with Gasteiger partial charge in [-0.25, -0.2) is 4.39 Å². The maximum Gasteiger partial charge on any atom is 0.254 e. The number of benzene rings is 2. The highest BCUT2D eigenvalue weighted by atomic mass is 19.1. The summed E-state index contributed by atoms with van der Waals surface area (Å²) in [7, 11) is 0. The molecule has 5 rings (SSSR count). The summed E-state index contributed by atoms with van der Waals surface area (Å²) in [5, 5.41) is 2.90. The van der Waals surface area contributed by atoms with Crippen molar-refractivity contribution in [1.29, 1.82) is 0 Å². The van der Waals surface area contributed by atoms with Gasteiger partial charge in [0.1, 0.15) is 5.82 Å². The Kier molecular flexibility index (Phi) is 5.24. The number of likely N-dealkylation sites (tertiary alicyclic amines) is 1. The number of morpholine rings is 1. The van der Waals surface area contributed by atoms with Gasteiger partial charge < -0.3 is 15.0 Å². The fraction of sp³-hybridized carbons (Fsp3) is 0.417. The molecule has 162 valence electrons. The summed E-state index contributed by atoms with van der Waals surface area (Å²) < 4.78 is 19.3. The fourth-order valence-electron chi connectivity index (χ4n) is 5.05. The predicted octanol–water partition coefficient (Wildman–Crippen LogP) is 1.73. The van der Waals surface area contributed by atoms with Crippen LogP contribution >= 0.6 is 0 Å². The van der Waals surface area contributed by atoms with E-state index in [4.69, 9.17) is 4.74 Å². The van der Waals surface area contributed by atoms with Crippen molar-refractivity contribution in [2.75, 3.05) is 32.8 Å². The number of carbonyl (C=O) groups excluding carboxylic acids is 2. The highest BCUT2D eigenvalue weighted by Gasteiger charge is 2.58. The lowest BCUT2D eigenvalue weighted by Gasteiger charge is -2.39. The molecule has 1 spiro atoms. The van der Waals surface area contributed by atoms with Crippen LogP contribution in [-0.2, 0) is 33.8 Å². The van der Waals surface area contributed by atoms with Gasteiger partial charge in [-0.3, -0.25) is 14.5 Å². The Morgan fingerprint density at radius 3 is 2.71 bits per heavy atom. The number of nitrogens with zero attached hydrogens (tertiary/aromatic N) is 2. The van der Waals surface area contributed by atoms with Crippen molar-refractivity contribution < 1.29 is 18.7 Å². The molecule has 0 radical (unpaired) electrons. The molecule has 0 unspecified atom stereocenters. The summed E-state index contributed by atoms with van der Waals surface area (Å²) in [6.07, 6.45) is 0.813. The minimum atomic E-state index is -1.17. The van der Waals surface area contributed by atoms with Crippen LogP contribution in [0.25, 0.3) is 0 Å². The van der Waals surface area contributed by atoms with Gasteiger partial charge in [0, 0.05) is 39.3 Å². The lowest BCUT2D eigenvalue weighted by Crippen LogP contribution is -2.62. The zero-order chi connectivity index (χ0) is 21.4. The number of amides is 2. The molecule has 31 heavy (non-hydrogen) atoms. The quantitative estimate of drug-likeness (QED) is 0.817. The molecule has 3 heterocycles. The fourth-order valence-corrected chi connectivity index (χ4v) is 5.05. The van der Waals surface area contributed by atoms with Gasteiger partial charge in [-0.05, 0) is 35.2 Å². The SMILES string of the molecule is O=C([C@H]1CN(Cc2ccc(F)cc2)C[C@@]12OCCNC2=O)N1CCc2ccccc2C1. The van der Waals surface area contributed by atoms with Crippen molar-refractivity contribution in [2.24, 2.45) is 5.92 Å². The third-order valence-electron chi connectivity index (χ3n) is 6.65. The van der Waals surface area contributed by atoms with E-state index in [1.807, 2.05) is 17.0 Å². The van der Waals surface area contributed by atoms with E-state index in [1.165, 1.54) is 17.7 Å². The van der Waals surface area contributed by atoms with Crippen LogP contribution in [0, 0.1) is 11.7 Å². The molecule has 0 saturated carbocycles. The summed E-state index contributed by atoms with van der Waals surface area (Å²) in [5.74, 6) is -1.10. The summed E-state index contributed by atoms with van der Waals surface area (Å²) in [5.41, 5.74) is 2.20. The summed E-state index contributed by atoms with van der Waals surface area (Å²) in [6, 6.07) is 14.5. The minimum absolute atomic E-state index is 0.0341. The van der Waals surface area contributed by atoms with Crippen molar-refractivity contribution >= 4 is 11.8 Å². The molecule has 2 fully saturated rings. The highest BCUT2D eigenvalue weighted by Crippen LogP contribution is 2.36. The maximum atomic E-state index is 13.7. The predicted molar refractivity (Wildman–Crippen MR) is 112 cm³/mol. The Morgan fingerprint density at radius 2 is 1.94 bits per heavy atom. The first-order valence-corrected chi connectivity index (χ1v) is 10.8. The molecule has 2 aromatic carbocycles. The number of rotatable bonds is 3. The zero-order valence-corrected chi connectivity index (χ0v) is 17.4. The number of fused-ring (bicyclic) bond motifs is 1. The van der Waals surface area contributed by atoms with Crippen LogP contribution in [0.4, 0.5) is 4.39 Å². The number of nitrogens with one attached hydrogen (secondary N) is 1. The molecule has 6 nitrogen and oxygen atoms in total. The van der Waals surface area contributed by atoms with E-state index in [-0.39, 0.29) is 17.6 Å². The second-order valence-corrected chi connectivity index (χ2v) is 8.62. The zero-order valence-electron chi connectivity index (χ0n) is 17.4. The molecule has 2 aromatic rings. The Morgan fingerprint density at radius 1 is 1.16 bits per heavy atom. The van der Waals surface area contributed by atoms with Gasteiger partial charge in [-0.1, -0.05) is 36.4 Å². The van der Waals surface area contributed by atoms with Crippen molar-refractivity contribution in [3.8, 4) is 0 Å². The van der Waals surface area contributed by atoms with E-state index in [2.05, 4.69) is 22.3 Å². The first kappa shape index (κ1) is 20.2. The Hall–Kier alpha value is -2.77. The van der Waals surface area contributed by atoms with Gasteiger partial charge in [0.05, 0.1) is 12.5 Å². The highest BCUT2D eigenvalue weighted by molar-refractivity contribution is 5.94. The van der Waals surface area contributed by atoms with E-state index >= 15 is 0 Å². The Bertz CT molecular complexity index is 996. The van der Waals surface area contributed by atoms with E-state index in [1.54, 1.807) is 12.1 Å². The normalized spacial score (nSPS) is 26.0. The number of halogens is 1. The molecule has 2 atom stereocenters. The van der Waals surface area contributed by atoms with Gasteiger partial charge in [-0.2, -0.15) is 0 Å². The lowest BCUT2D eigenvalue weighted by atomic mass is 9.86. The number of ether oxygens (including phenoxy) is 1. The van der Waals surface area contributed by atoms with Crippen LogP contribution in [-0.4, -0.2) is 60.0 Å². The third kappa shape index (κ3) is 3.72. The van der Waals surface area contributed by atoms with Crippen LogP contribution in [0.15, 0.2) is 48.5 Å². The van der Waals surface area contributed by atoms with Gasteiger partial charge in [0.2, 0.25) is 5.91 Å². The van der Waals surface area contributed by atoms with E-state index < -0.39 is 11.5 Å². The lowest BCUT2D eigenvalue weighted by molar-refractivity contribution is -0.167. The Labute approximate surface area is 181 Å². The second kappa shape index (κ2) is 8.05. The van der Waals surface area contributed by atoms with Crippen LogP contribution in [0.3, 0.4) is 0 Å². The summed E-state index contributed by atoms with van der Waals surface area (Å²) in [4.78, 5) is 30.6. The van der Waals surface area contributed by atoms with Gasteiger partial charge in [0.25, 0.3) is 5.91 Å². The third-order valence-corrected chi connectivity index (χ3v) is 6.65. The smallest absolute Gasteiger partial charge is 0.254 e. The van der Waals surface area contributed by atoms with Crippen molar-refractivity contribution in [2.45, 2.75) is 25.1 Å². The average Bonchev–Trinajstić information content (AvgIpc) is 3.15. The second-order valence-electron chi connectivity index (χ2n) is 8.62. The van der Waals surface area contributed by atoms with Gasteiger partial charge in [-0.15, -0.1) is 0 Å². The first-order valence-electron chi connectivity index (χ1n) is 10.8. The average molecular weight is 423 g/mol. The molecule has 1 N–H and O–H groups in total. The molecular weight excluding hydrogens is 397 g/mol. The Balaban J connectivity index is 1.39. The largest absolute Gasteiger partial charge is 0.361 e. The number of hydrogen-bond donors (Lipinski definition) is 1. The molecule has 3 aliphatic heterocycles. The molecule has 0 aliphatic carbocycles. The monoisotopic (exact) mass is 423 g/mol. The van der Waals surface area contributed by atoms with Gasteiger partial charge >= 0.3 is 0 Å². The van der Waals surface area contributed by atoms with Crippen LogP contribution in [0.1, 0.15) is 16.7 Å². The van der Waals surface area contributed by atoms with Crippen LogP contribution in [0.5, 0.6) is 0 Å². The van der Waals surface area contributed by atoms with Crippen molar-refractivity contribution in [3.63, 3.8) is 0 Å². The van der Waals surface area contributed by atoms with Crippen LogP contribution < -0.4 is 5.32 Å². The maximum absolute atomic E-state index is 13.7. The molecule has 2 saturated heterocycles. The molecule has 0 aromatic heterocycles. The van der Waals surface area contributed by atoms with Crippen LogP contribution in [0.2, 0.25) is 0 Å². The van der Waals surface area contributed by atoms with E-state index in [9.17, 15) is 14.0 Å².